The monoisotopic (exact) mass is 405 g/mol. The summed E-state index contributed by atoms with van der Waals surface area (Å²) in [5, 5.41) is 7.21. The van der Waals surface area contributed by atoms with Gasteiger partial charge in [0.1, 0.15) is 5.75 Å². The maximum Gasteiger partial charge on any atom is 0.252 e. The van der Waals surface area contributed by atoms with Gasteiger partial charge in [0.25, 0.3) is 5.91 Å². The number of pyridine rings is 1. The first-order valence-electron chi connectivity index (χ1n) is 10.3. The fourth-order valence-electron chi connectivity index (χ4n) is 3.74. The molecule has 0 bridgehead atoms. The SMILES string of the molecule is COc1ccc(CN2CCC(CNC(=O)c3ccc(-n4cccn4)nc3)CC2)cc1. The molecule has 0 radical (unpaired) electrons. The Labute approximate surface area is 176 Å². The summed E-state index contributed by atoms with van der Waals surface area (Å²) >= 11 is 0. The lowest BCUT2D eigenvalue weighted by atomic mass is 9.96. The van der Waals surface area contributed by atoms with Gasteiger partial charge in [-0.15, -0.1) is 0 Å². The molecule has 7 heteroatoms. The van der Waals surface area contributed by atoms with E-state index < -0.39 is 0 Å². The van der Waals surface area contributed by atoms with Crippen molar-refractivity contribution >= 4 is 5.91 Å². The number of hydrogen-bond acceptors (Lipinski definition) is 5. The highest BCUT2D eigenvalue weighted by Crippen LogP contribution is 2.20. The van der Waals surface area contributed by atoms with E-state index in [1.54, 1.807) is 36.3 Å². The minimum Gasteiger partial charge on any atom is -0.497 e. The molecule has 1 aliphatic heterocycles. The highest BCUT2D eigenvalue weighted by atomic mass is 16.5. The largest absolute Gasteiger partial charge is 0.497 e. The van der Waals surface area contributed by atoms with E-state index in [9.17, 15) is 4.79 Å². The van der Waals surface area contributed by atoms with E-state index >= 15 is 0 Å². The van der Waals surface area contributed by atoms with Crippen LogP contribution >= 0.6 is 0 Å². The molecule has 2 aromatic heterocycles. The summed E-state index contributed by atoms with van der Waals surface area (Å²) in [4.78, 5) is 19.2. The smallest absolute Gasteiger partial charge is 0.252 e. The van der Waals surface area contributed by atoms with Crippen LogP contribution in [0.4, 0.5) is 0 Å². The minimum absolute atomic E-state index is 0.0739. The van der Waals surface area contributed by atoms with Crippen molar-refractivity contribution < 1.29 is 9.53 Å². The summed E-state index contributed by atoms with van der Waals surface area (Å²) in [5.74, 6) is 2.02. The van der Waals surface area contributed by atoms with Gasteiger partial charge in [0.05, 0.1) is 12.7 Å². The first-order valence-corrected chi connectivity index (χ1v) is 10.3. The maximum absolute atomic E-state index is 12.4. The van der Waals surface area contributed by atoms with Gasteiger partial charge in [-0.2, -0.15) is 5.10 Å². The second-order valence-electron chi connectivity index (χ2n) is 7.63. The molecular formula is C23H27N5O2. The van der Waals surface area contributed by atoms with Crippen LogP contribution in [0.1, 0.15) is 28.8 Å². The average Bonchev–Trinajstić information content (AvgIpc) is 3.34. The van der Waals surface area contributed by atoms with Crippen LogP contribution in [-0.4, -0.2) is 52.3 Å². The Bertz CT molecular complexity index is 931. The molecule has 0 aliphatic carbocycles. The molecular weight excluding hydrogens is 378 g/mol. The Hall–Kier alpha value is -3.19. The molecule has 3 heterocycles. The van der Waals surface area contributed by atoms with Crippen molar-refractivity contribution in [2.24, 2.45) is 5.92 Å². The van der Waals surface area contributed by atoms with Crippen LogP contribution in [0, 0.1) is 5.92 Å². The lowest BCUT2D eigenvalue weighted by molar-refractivity contribution is 0.0935. The predicted molar refractivity (Wildman–Crippen MR) is 115 cm³/mol. The molecule has 0 atom stereocenters. The predicted octanol–water partition coefficient (Wildman–Crippen LogP) is 2.92. The van der Waals surface area contributed by atoms with Crippen LogP contribution in [0.25, 0.3) is 5.82 Å². The fourth-order valence-corrected chi connectivity index (χ4v) is 3.74. The number of nitrogens with one attached hydrogen (secondary N) is 1. The number of ether oxygens (including phenoxy) is 1. The van der Waals surface area contributed by atoms with Gasteiger partial charge in [-0.05, 0) is 67.7 Å². The molecule has 1 aliphatic rings. The highest BCUT2D eigenvalue weighted by Gasteiger charge is 2.20. The zero-order valence-corrected chi connectivity index (χ0v) is 17.2. The molecule has 30 heavy (non-hydrogen) atoms. The molecule has 0 spiro atoms. The first kappa shape index (κ1) is 20.1. The molecule has 1 fully saturated rings. The number of carbonyl (C=O) groups excluding carboxylic acids is 1. The normalized spacial score (nSPS) is 15.1. The Morgan fingerprint density at radius 2 is 1.97 bits per heavy atom. The maximum atomic E-state index is 12.4. The lowest BCUT2D eigenvalue weighted by Crippen LogP contribution is -2.38. The Kier molecular flexibility index (Phi) is 6.39. The number of likely N-dealkylation sites (tertiary alicyclic amines) is 1. The van der Waals surface area contributed by atoms with Crippen LogP contribution < -0.4 is 10.1 Å². The van der Waals surface area contributed by atoms with Crippen molar-refractivity contribution in [3.8, 4) is 11.6 Å². The second kappa shape index (κ2) is 9.54. The number of aromatic nitrogens is 3. The zero-order chi connectivity index (χ0) is 20.8. The molecule has 0 unspecified atom stereocenters. The fraction of sp³-hybridized carbons (Fsp3) is 0.348. The van der Waals surface area contributed by atoms with Crippen molar-refractivity contribution in [1.29, 1.82) is 0 Å². The molecule has 156 valence electrons. The van der Waals surface area contributed by atoms with Crippen molar-refractivity contribution in [2.75, 3.05) is 26.7 Å². The summed E-state index contributed by atoms with van der Waals surface area (Å²) in [6.07, 6.45) is 7.30. The summed E-state index contributed by atoms with van der Waals surface area (Å²) in [6.45, 7) is 3.76. The van der Waals surface area contributed by atoms with E-state index in [0.717, 1.165) is 38.2 Å². The topological polar surface area (TPSA) is 72.3 Å². The number of nitrogens with zero attached hydrogens (tertiary/aromatic N) is 4. The summed E-state index contributed by atoms with van der Waals surface area (Å²) < 4.78 is 6.89. The van der Waals surface area contributed by atoms with Crippen LogP contribution in [0.5, 0.6) is 5.75 Å². The van der Waals surface area contributed by atoms with Crippen molar-refractivity contribution in [3.05, 3.63) is 72.2 Å². The number of rotatable bonds is 7. The van der Waals surface area contributed by atoms with Gasteiger partial charge >= 0.3 is 0 Å². The summed E-state index contributed by atoms with van der Waals surface area (Å²) in [7, 11) is 1.69. The Balaban J connectivity index is 1.21. The third-order valence-electron chi connectivity index (χ3n) is 5.57. The van der Waals surface area contributed by atoms with Crippen LogP contribution in [0.3, 0.4) is 0 Å². The minimum atomic E-state index is -0.0739. The number of amides is 1. The van der Waals surface area contributed by atoms with Crippen LogP contribution in [0.15, 0.2) is 61.1 Å². The second-order valence-corrected chi connectivity index (χ2v) is 7.63. The Morgan fingerprint density at radius 3 is 2.60 bits per heavy atom. The van der Waals surface area contributed by atoms with E-state index in [1.165, 1.54) is 5.56 Å². The van der Waals surface area contributed by atoms with E-state index in [4.69, 9.17) is 4.74 Å². The van der Waals surface area contributed by atoms with E-state index in [-0.39, 0.29) is 5.91 Å². The van der Waals surface area contributed by atoms with Gasteiger partial charge in [0, 0.05) is 31.7 Å². The van der Waals surface area contributed by atoms with E-state index in [2.05, 4.69) is 32.4 Å². The third kappa shape index (κ3) is 5.04. The number of piperidine rings is 1. The number of methoxy groups -OCH3 is 1. The molecule has 1 saturated heterocycles. The van der Waals surface area contributed by atoms with Crippen LogP contribution in [0.2, 0.25) is 0 Å². The molecule has 3 aromatic rings. The standard InChI is InChI=1S/C23H27N5O2/c1-30-21-6-3-19(4-7-21)17-27-13-9-18(10-14-27)15-25-23(29)20-5-8-22(24-16-20)28-12-2-11-26-28/h2-8,11-12,16,18H,9-10,13-15,17H2,1H3,(H,25,29). The molecule has 0 saturated carbocycles. The molecule has 1 aromatic carbocycles. The van der Waals surface area contributed by atoms with Gasteiger partial charge in [-0.1, -0.05) is 12.1 Å². The van der Waals surface area contributed by atoms with Gasteiger partial charge in [-0.3, -0.25) is 9.69 Å². The first-order chi connectivity index (χ1) is 14.7. The van der Waals surface area contributed by atoms with Gasteiger partial charge in [0.2, 0.25) is 0 Å². The van der Waals surface area contributed by atoms with Gasteiger partial charge in [0.15, 0.2) is 5.82 Å². The number of carbonyl (C=O) groups is 1. The average molecular weight is 406 g/mol. The molecule has 4 rings (SSSR count). The van der Waals surface area contributed by atoms with Crippen molar-refractivity contribution in [3.63, 3.8) is 0 Å². The molecule has 7 nitrogen and oxygen atoms in total. The third-order valence-corrected chi connectivity index (χ3v) is 5.57. The van der Waals surface area contributed by atoms with Crippen molar-refractivity contribution in [2.45, 2.75) is 19.4 Å². The van der Waals surface area contributed by atoms with Crippen LogP contribution in [-0.2, 0) is 6.54 Å². The van der Waals surface area contributed by atoms with Gasteiger partial charge < -0.3 is 10.1 Å². The molecule has 1 N–H and O–H groups in total. The molecule has 1 amide bonds. The quantitative estimate of drug-likeness (QED) is 0.654. The number of hydrogen-bond donors (Lipinski definition) is 1. The number of benzene rings is 1. The Morgan fingerprint density at radius 1 is 1.17 bits per heavy atom. The van der Waals surface area contributed by atoms with Crippen molar-refractivity contribution in [1.82, 2.24) is 25.0 Å². The van der Waals surface area contributed by atoms with E-state index in [1.807, 2.05) is 24.4 Å². The van der Waals surface area contributed by atoms with E-state index in [0.29, 0.717) is 23.8 Å². The zero-order valence-electron chi connectivity index (χ0n) is 17.2. The van der Waals surface area contributed by atoms with Gasteiger partial charge in [-0.25, -0.2) is 9.67 Å². The summed E-state index contributed by atoms with van der Waals surface area (Å²) in [6, 6.07) is 13.7. The highest BCUT2D eigenvalue weighted by molar-refractivity contribution is 5.93. The summed E-state index contributed by atoms with van der Waals surface area (Å²) in [5.41, 5.74) is 1.87. The lowest BCUT2D eigenvalue weighted by Gasteiger charge is -2.32.